The van der Waals surface area contributed by atoms with Gasteiger partial charge in [-0.15, -0.1) is 0 Å². The molecule has 0 fully saturated rings. The Morgan fingerprint density at radius 3 is 2.79 bits per heavy atom. The van der Waals surface area contributed by atoms with Crippen LogP contribution < -0.4 is 11.1 Å². The Labute approximate surface area is 89.4 Å². The lowest BCUT2D eigenvalue weighted by Crippen LogP contribution is -2.18. The van der Waals surface area contributed by atoms with Crippen LogP contribution in [0.1, 0.15) is 17.7 Å². The first-order valence-corrected chi connectivity index (χ1v) is 5.13. The van der Waals surface area contributed by atoms with Crippen molar-refractivity contribution in [2.24, 2.45) is 12.8 Å². The van der Waals surface area contributed by atoms with Crippen LogP contribution in [0.15, 0.2) is 0 Å². The molecular weight excluding hydrogens is 200 g/mol. The second-order valence-corrected chi connectivity index (χ2v) is 3.66. The van der Waals surface area contributed by atoms with Gasteiger partial charge in [-0.25, -0.2) is 0 Å². The summed E-state index contributed by atoms with van der Waals surface area (Å²) in [5.74, 6) is 0. The van der Waals surface area contributed by atoms with Gasteiger partial charge in [0.15, 0.2) is 0 Å². The maximum atomic E-state index is 6.06. The number of halogens is 1. The van der Waals surface area contributed by atoms with Gasteiger partial charge in [-0.1, -0.05) is 11.6 Å². The Morgan fingerprint density at radius 2 is 2.29 bits per heavy atom. The predicted molar refractivity (Wildman–Crippen MR) is 58.3 cm³/mol. The number of aromatic nitrogens is 2. The van der Waals surface area contributed by atoms with E-state index in [-0.39, 0.29) is 0 Å². The minimum Gasteiger partial charge on any atom is -0.330 e. The van der Waals surface area contributed by atoms with Crippen LogP contribution in [0, 0.1) is 6.92 Å². The molecule has 0 saturated carbocycles. The topological polar surface area (TPSA) is 55.9 Å². The summed E-state index contributed by atoms with van der Waals surface area (Å²) in [7, 11) is 1.85. The fraction of sp³-hybridized carbons (Fsp3) is 0.667. The molecule has 1 rings (SSSR count). The smallest absolute Gasteiger partial charge is 0.131 e. The van der Waals surface area contributed by atoms with Crippen LogP contribution in [0.4, 0.5) is 0 Å². The van der Waals surface area contributed by atoms with E-state index in [4.69, 9.17) is 17.3 Å². The summed E-state index contributed by atoms with van der Waals surface area (Å²) in [6, 6.07) is 0. The van der Waals surface area contributed by atoms with Crippen LogP contribution in [-0.4, -0.2) is 22.9 Å². The number of hydrogen-bond acceptors (Lipinski definition) is 3. The Balaban J connectivity index is 2.49. The van der Waals surface area contributed by atoms with Crippen molar-refractivity contribution in [3.63, 3.8) is 0 Å². The summed E-state index contributed by atoms with van der Waals surface area (Å²) >= 11 is 6.06. The molecule has 0 aliphatic rings. The zero-order valence-corrected chi connectivity index (χ0v) is 9.43. The number of nitrogens with zero attached hydrogens (tertiary/aromatic N) is 2. The first kappa shape index (κ1) is 11.5. The summed E-state index contributed by atoms with van der Waals surface area (Å²) < 4.78 is 1.69. The zero-order chi connectivity index (χ0) is 10.6. The molecule has 0 unspecified atom stereocenters. The zero-order valence-electron chi connectivity index (χ0n) is 8.68. The van der Waals surface area contributed by atoms with Crippen molar-refractivity contribution in [1.29, 1.82) is 0 Å². The van der Waals surface area contributed by atoms with Gasteiger partial charge in [-0.2, -0.15) is 5.10 Å². The summed E-state index contributed by atoms with van der Waals surface area (Å²) in [6.07, 6.45) is 0.983. The molecule has 14 heavy (non-hydrogen) atoms. The summed E-state index contributed by atoms with van der Waals surface area (Å²) in [4.78, 5) is 0. The molecular formula is C9H17ClN4. The number of nitrogens with two attached hydrogens (primary N) is 1. The van der Waals surface area contributed by atoms with Crippen molar-refractivity contribution in [2.45, 2.75) is 19.9 Å². The molecule has 5 heteroatoms. The van der Waals surface area contributed by atoms with Gasteiger partial charge in [0.2, 0.25) is 0 Å². The second-order valence-electron chi connectivity index (χ2n) is 3.30. The lowest BCUT2D eigenvalue weighted by atomic mass is 10.2. The molecule has 0 aromatic carbocycles. The maximum absolute atomic E-state index is 6.06. The molecule has 0 bridgehead atoms. The average Bonchev–Trinajstić information content (AvgIpc) is 2.38. The molecule has 0 aliphatic heterocycles. The van der Waals surface area contributed by atoms with Crippen molar-refractivity contribution in [3.8, 4) is 0 Å². The minimum atomic E-state index is 0.711. The highest BCUT2D eigenvalue weighted by Gasteiger charge is 2.09. The Bertz CT molecular complexity index is 295. The summed E-state index contributed by atoms with van der Waals surface area (Å²) in [5.41, 5.74) is 7.45. The van der Waals surface area contributed by atoms with E-state index in [2.05, 4.69) is 10.4 Å². The van der Waals surface area contributed by atoms with Crippen LogP contribution in [0.25, 0.3) is 0 Å². The van der Waals surface area contributed by atoms with Crippen molar-refractivity contribution in [1.82, 2.24) is 15.1 Å². The van der Waals surface area contributed by atoms with Gasteiger partial charge in [-0.3, -0.25) is 4.68 Å². The monoisotopic (exact) mass is 216 g/mol. The highest BCUT2D eigenvalue weighted by molar-refractivity contribution is 6.30. The van der Waals surface area contributed by atoms with Gasteiger partial charge in [-0.05, 0) is 26.4 Å². The lowest BCUT2D eigenvalue weighted by Gasteiger charge is -2.03. The first-order valence-electron chi connectivity index (χ1n) is 4.75. The molecule has 0 saturated heterocycles. The van der Waals surface area contributed by atoms with Crippen LogP contribution >= 0.6 is 11.6 Å². The van der Waals surface area contributed by atoms with Gasteiger partial charge in [0.25, 0.3) is 0 Å². The first-order chi connectivity index (χ1) is 6.66. The third kappa shape index (κ3) is 2.70. The van der Waals surface area contributed by atoms with E-state index >= 15 is 0 Å². The van der Waals surface area contributed by atoms with Crippen molar-refractivity contribution >= 4 is 11.6 Å². The minimum absolute atomic E-state index is 0.711. The fourth-order valence-corrected chi connectivity index (χ4v) is 1.56. The molecule has 1 aromatic heterocycles. The van der Waals surface area contributed by atoms with E-state index in [9.17, 15) is 0 Å². The summed E-state index contributed by atoms with van der Waals surface area (Å²) in [6.45, 7) is 4.36. The quantitative estimate of drug-likeness (QED) is 0.717. The second kappa shape index (κ2) is 5.34. The van der Waals surface area contributed by atoms with E-state index in [1.165, 1.54) is 0 Å². The van der Waals surface area contributed by atoms with Gasteiger partial charge < -0.3 is 11.1 Å². The van der Waals surface area contributed by atoms with Gasteiger partial charge in [0.05, 0.1) is 5.69 Å². The Kier molecular flexibility index (Phi) is 4.38. The van der Waals surface area contributed by atoms with Crippen molar-refractivity contribution in [2.75, 3.05) is 13.1 Å². The lowest BCUT2D eigenvalue weighted by molar-refractivity contribution is 0.653. The number of aryl methyl sites for hydroxylation is 2. The average molecular weight is 217 g/mol. The van der Waals surface area contributed by atoms with Crippen LogP contribution in [0.2, 0.25) is 5.15 Å². The largest absolute Gasteiger partial charge is 0.330 e. The van der Waals surface area contributed by atoms with E-state index in [1.807, 2.05) is 14.0 Å². The van der Waals surface area contributed by atoms with Crippen molar-refractivity contribution in [3.05, 3.63) is 16.4 Å². The molecule has 3 N–H and O–H groups in total. The molecule has 0 radical (unpaired) electrons. The van der Waals surface area contributed by atoms with Gasteiger partial charge >= 0.3 is 0 Å². The molecule has 1 aromatic rings. The van der Waals surface area contributed by atoms with E-state index in [0.29, 0.717) is 11.7 Å². The highest BCUT2D eigenvalue weighted by atomic mass is 35.5. The van der Waals surface area contributed by atoms with E-state index in [0.717, 1.165) is 30.8 Å². The summed E-state index contributed by atoms with van der Waals surface area (Å²) in [5, 5.41) is 8.22. The third-order valence-corrected chi connectivity index (χ3v) is 2.60. The van der Waals surface area contributed by atoms with E-state index in [1.54, 1.807) is 4.68 Å². The number of nitrogens with one attached hydrogen (secondary N) is 1. The molecule has 0 atom stereocenters. The Morgan fingerprint density at radius 1 is 1.57 bits per heavy atom. The highest BCUT2D eigenvalue weighted by Crippen LogP contribution is 2.17. The predicted octanol–water partition coefficient (Wildman–Crippen LogP) is 0.820. The molecule has 0 spiro atoms. The van der Waals surface area contributed by atoms with E-state index < -0.39 is 0 Å². The van der Waals surface area contributed by atoms with Crippen molar-refractivity contribution < 1.29 is 0 Å². The van der Waals surface area contributed by atoms with Gasteiger partial charge in [0.1, 0.15) is 5.15 Å². The molecule has 1 heterocycles. The Hall–Kier alpha value is -0.580. The molecule has 0 amide bonds. The number of rotatable bonds is 5. The third-order valence-electron chi connectivity index (χ3n) is 2.13. The SMILES string of the molecule is Cc1nn(C)c(Cl)c1CNCCCN. The fourth-order valence-electron chi connectivity index (χ4n) is 1.32. The standard InChI is InChI=1S/C9H17ClN4/c1-7-8(6-12-5-3-4-11)9(10)14(2)13-7/h12H,3-6,11H2,1-2H3. The van der Waals surface area contributed by atoms with Crippen LogP contribution in [0.3, 0.4) is 0 Å². The molecule has 4 nitrogen and oxygen atoms in total. The molecule has 80 valence electrons. The molecule has 0 aliphatic carbocycles. The number of hydrogen-bond donors (Lipinski definition) is 2. The van der Waals surface area contributed by atoms with Gasteiger partial charge in [0, 0.05) is 19.2 Å². The van der Waals surface area contributed by atoms with Crippen LogP contribution in [0.5, 0.6) is 0 Å². The van der Waals surface area contributed by atoms with Crippen LogP contribution in [-0.2, 0) is 13.6 Å². The normalized spacial score (nSPS) is 10.9. The maximum Gasteiger partial charge on any atom is 0.131 e.